The monoisotopic (exact) mass is 225 g/mol. The highest BCUT2D eigenvalue weighted by molar-refractivity contribution is 5.75. The minimum atomic E-state index is 0.129. The highest BCUT2D eigenvalue weighted by Crippen LogP contribution is 2.36. The second kappa shape index (κ2) is 5.04. The SMILES string of the molecule is CCCCNC(=O)N1CC2(CCCNC2)C1. The number of hydrogen-bond donors (Lipinski definition) is 2. The number of urea groups is 1. The lowest BCUT2D eigenvalue weighted by Gasteiger charge is -2.52. The Hall–Kier alpha value is -0.770. The maximum Gasteiger partial charge on any atom is 0.317 e. The zero-order valence-electron chi connectivity index (χ0n) is 10.2. The number of rotatable bonds is 3. The molecule has 16 heavy (non-hydrogen) atoms. The summed E-state index contributed by atoms with van der Waals surface area (Å²) in [5.74, 6) is 0. The molecule has 2 rings (SSSR count). The number of nitrogens with one attached hydrogen (secondary N) is 2. The topological polar surface area (TPSA) is 44.4 Å². The molecule has 0 aliphatic carbocycles. The Morgan fingerprint density at radius 2 is 2.31 bits per heavy atom. The molecule has 0 bridgehead atoms. The molecule has 2 amide bonds. The quantitative estimate of drug-likeness (QED) is 0.708. The number of amides is 2. The minimum Gasteiger partial charge on any atom is -0.338 e. The lowest BCUT2D eigenvalue weighted by atomic mass is 9.74. The van der Waals surface area contributed by atoms with Crippen LogP contribution in [0.4, 0.5) is 4.79 Å². The molecular weight excluding hydrogens is 202 g/mol. The third-order valence-corrected chi connectivity index (χ3v) is 3.71. The van der Waals surface area contributed by atoms with Crippen molar-refractivity contribution in [3.05, 3.63) is 0 Å². The van der Waals surface area contributed by atoms with E-state index in [9.17, 15) is 4.79 Å². The molecule has 4 nitrogen and oxygen atoms in total. The van der Waals surface area contributed by atoms with Gasteiger partial charge in [-0.1, -0.05) is 13.3 Å². The molecule has 2 heterocycles. The van der Waals surface area contributed by atoms with Gasteiger partial charge in [0.25, 0.3) is 0 Å². The number of carbonyl (C=O) groups is 1. The van der Waals surface area contributed by atoms with E-state index < -0.39 is 0 Å². The predicted octanol–water partition coefficient (Wildman–Crippen LogP) is 1.18. The summed E-state index contributed by atoms with van der Waals surface area (Å²) in [5, 5.41) is 6.41. The summed E-state index contributed by atoms with van der Waals surface area (Å²) in [6.07, 6.45) is 4.74. The normalized spacial score (nSPS) is 22.9. The summed E-state index contributed by atoms with van der Waals surface area (Å²) in [6, 6.07) is 0.129. The first-order chi connectivity index (χ1) is 7.76. The zero-order chi connectivity index (χ0) is 11.4. The maximum atomic E-state index is 11.7. The predicted molar refractivity (Wildman–Crippen MR) is 64.4 cm³/mol. The van der Waals surface area contributed by atoms with Gasteiger partial charge in [0.05, 0.1) is 0 Å². The van der Waals surface area contributed by atoms with E-state index in [1.165, 1.54) is 12.8 Å². The standard InChI is InChI=1S/C12H23N3O/c1-2-3-7-14-11(16)15-9-12(10-15)5-4-6-13-8-12/h13H,2-10H2,1H3,(H,14,16). The lowest BCUT2D eigenvalue weighted by molar-refractivity contribution is 0.0118. The van der Waals surface area contributed by atoms with Crippen molar-refractivity contribution in [2.75, 3.05) is 32.7 Å². The smallest absolute Gasteiger partial charge is 0.317 e. The van der Waals surface area contributed by atoms with E-state index in [1.54, 1.807) is 0 Å². The highest BCUT2D eigenvalue weighted by atomic mass is 16.2. The molecule has 0 unspecified atom stereocenters. The van der Waals surface area contributed by atoms with Gasteiger partial charge < -0.3 is 15.5 Å². The van der Waals surface area contributed by atoms with Crippen LogP contribution in [0.1, 0.15) is 32.6 Å². The van der Waals surface area contributed by atoms with E-state index in [1.807, 2.05) is 4.90 Å². The van der Waals surface area contributed by atoms with E-state index in [0.29, 0.717) is 5.41 Å². The second-order valence-electron chi connectivity index (χ2n) is 5.22. The Morgan fingerprint density at radius 3 is 2.94 bits per heavy atom. The summed E-state index contributed by atoms with van der Waals surface area (Å²) < 4.78 is 0. The third-order valence-electron chi connectivity index (χ3n) is 3.71. The summed E-state index contributed by atoms with van der Waals surface area (Å²) >= 11 is 0. The zero-order valence-corrected chi connectivity index (χ0v) is 10.2. The van der Waals surface area contributed by atoms with E-state index >= 15 is 0 Å². The first-order valence-corrected chi connectivity index (χ1v) is 6.49. The van der Waals surface area contributed by atoms with Crippen LogP contribution in [-0.2, 0) is 0 Å². The van der Waals surface area contributed by atoms with Crippen molar-refractivity contribution in [1.29, 1.82) is 0 Å². The van der Waals surface area contributed by atoms with Crippen LogP contribution in [-0.4, -0.2) is 43.7 Å². The van der Waals surface area contributed by atoms with Gasteiger partial charge in [0.15, 0.2) is 0 Å². The Bertz CT molecular complexity index is 241. The van der Waals surface area contributed by atoms with Gasteiger partial charge in [-0.2, -0.15) is 0 Å². The van der Waals surface area contributed by atoms with Gasteiger partial charge in [-0.05, 0) is 25.8 Å². The molecular formula is C12H23N3O. The van der Waals surface area contributed by atoms with Crippen molar-refractivity contribution in [2.45, 2.75) is 32.6 Å². The molecule has 0 aromatic heterocycles. The van der Waals surface area contributed by atoms with Crippen LogP contribution in [0.25, 0.3) is 0 Å². The number of hydrogen-bond acceptors (Lipinski definition) is 2. The molecule has 0 aromatic carbocycles. The Morgan fingerprint density at radius 1 is 1.50 bits per heavy atom. The van der Waals surface area contributed by atoms with Crippen LogP contribution in [0.15, 0.2) is 0 Å². The van der Waals surface area contributed by atoms with Crippen LogP contribution in [0.5, 0.6) is 0 Å². The molecule has 2 aliphatic heterocycles. The fraction of sp³-hybridized carbons (Fsp3) is 0.917. The number of likely N-dealkylation sites (tertiary alicyclic amines) is 1. The van der Waals surface area contributed by atoms with Crippen molar-refractivity contribution < 1.29 is 4.79 Å². The van der Waals surface area contributed by atoms with Crippen molar-refractivity contribution in [3.8, 4) is 0 Å². The second-order valence-corrected chi connectivity index (χ2v) is 5.22. The van der Waals surface area contributed by atoms with Crippen LogP contribution < -0.4 is 10.6 Å². The molecule has 0 aromatic rings. The minimum absolute atomic E-state index is 0.129. The Kier molecular flexibility index (Phi) is 3.69. The molecule has 0 atom stereocenters. The fourth-order valence-electron chi connectivity index (χ4n) is 2.69. The molecule has 2 N–H and O–H groups in total. The average Bonchev–Trinajstić information content (AvgIpc) is 2.27. The van der Waals surface area contributed by atoms with Gasteiger partial charge in [0, 0.05) is 31.6 Å². The lowest BCUT2D eigenvalue weighted by Crippen LogP contribution is -2.65. The highest BCUT2D eigenvalue weighted by Gasteiger charge is 2.45. The van der Waals surface area contributed by atoms with Crippen molar-refractivity contribution in [3.63, 3.8) is 0 Å². The van der Waals surface area contributed by atoms with Gasteiger partial charge in [-0.15, -0.1) is 0 Å². The van der Waals surface area contributed by atoms with Crippen LogP contribution in [0.2, 0.25) is 0 Å². The fourth-order valence-corrected chi connectivity index (χ4v) is 2.69. The van der Waals surface area contributed by atoms with E-state index in [-0.39, 0.29) is 6.03 Å². The van der Waals surface area contributed by atoms with Crippen LogP contribution in [0.3, 0.4) is 0 Å². The van der Waals surface area contributed by atoms with Gasteiger partial charge in [-0.25, -0.2) is 4.79 Å². The largest absolute Gasteiger partial charge is 0.338 e. The van der Waals surface area contributed by atoms with Gasteiger partial charge >= 0.3 is 6.03 Å². The Balaban J connectivity index is 1.68. The summed E-state index contributed by atoms with van der Waals surface area (Å²) in [7, 11) is 0. The molecule has 2 saturated heterocycles. The maximum absolute atomic E-state index is 11.7. The van der Waals surface area contributed by atoms with Crippen LogP contribution >= 0.6 is 0 Å². The molecule has 4 heteroatoms. The van der Waals surface area contributed by atoms with E-state index in [4.69, 9.17) is 0 Å². The third kappa shape index (κ3) is 2.48. The molecule has 2 fully saturated rings. The first kappa shape index (κ1) is 11.7. The van der Waals surface area contributed by atoms with Crippen LogP contribution in [0, 0.1) is 5.41 Å². The van der Waals surface area contributed by atoms with Gasteiger partial charge in [0.2, 0.25) is 0 Å². The summed E-state index contributed by atoms with van der Waals surface area (Å²) in [6.45, 7) is 7.07. The molecule has 92 valence electrons. The average molecular weight is 225 g/mol. The van der Waals surface area contributed by atoms with Crippen molar-refractivity contribution >= 4 is 6.03 Å². The van der Waals surface area contributed by atoms with E-state index in [0.717, 1.165) is 45.6 Å². The van der Waals surface area contributed by atoms with Gasteiger partial charge in [0.1, 0.15) is 0 Å². The number of piperidine rings is 1. The van der Waals surface area contributed by atoms with Crippen molar-refractivity contribution in [1.82, 2.24) is 15.5 Å². The Labute approximate surface area is 97.8 Å². The summed E-state index contributed by atoms with van der Waals surface area (Å²) in [5.41, 5.74) is 0.403. The van der Waals surface area contributed by atoms with E-state index in [2.05, 4.69) is 17.6 Å². The molecule has 1 spiro atoms. The molecule has 0 radical (unpaired) electrons. The first-order valence-electron chi connectivity index (χ1n) is 6.49. The number of unbranched alkanes of at least 4 members (excludes halogenated alkanes) is 1. The van der Waals surface area contributed by atoms with Crippen molar-refractivity contribution in [2.24, 2.45) is 5.41 Å². The molecule has 2 aliphatic rings. The number of nitrogens with zero attached hydrogens (tertiary/aromatic N) is 1. The van der Waals surface area contributed by atoms with Gasteiger partial charge in [-0.3, -0.25) is 0 Å². The molecule has 0 saturated carbocycles. The number of carbonyl (C=O) groups excluding carboxylic acids is 1. The summed E-state index contributed by atoms with van der Waals surface area (Å²) in [4.78, 5) is 13.7.